The first-order chi connectivity index (χ1) is 14.8. The molecule has 1 unspecified atom stereocenters. The van der Waals surface area contributed by atoms with Crippen LogP contribution in [0, 0.1) is 17.8 Å². The third kappa shape index (κ3) is 8.59. The Kier molecular flexibility index (Phi) is 10.4. The molecule has 164 valence electrons. The fraction of sp³-hybridized carbons (Fsp3) is 0.556. The van der Waals surface area contributed by atoms with E-state index in [9.17, 15) is 5.11 Å². The normalized spacial score (nSPS) is 20.2. The molecule has 0 aromatic heterocycles. The number of benzene rings is 2. The summed E-state index contributed by atoms with van der Waals surface area (Å²) in [6.07, 6.45) is 8.79. The molecule has 3 nitrogen and oxygen atoms in total. The zero-order valence-corrected chi connectivity index (χ0v) is 18.3. The lowest BCUT2D eigenvalue weighted by Gasteiger charge is -2.29. The zero-order chi connectivity index (χ0) is 20.9. The number of aliphatic hydroxyl groups excluding tert-OH is 1. The van der Waals surface area contributed by atoms with Gasteiger partial charge >= 0.3 is 0 Å². The highest BCUT2D eigenvalue weighted by Gasteiger charge is 2.22. The average molecular weight is 410 g/mol. The van der Waals surface area contributed by atoms with Gasteiger partial charge in [-0.3, -0.25) is 0 Å². The van der Waals surface area contributed by atoms with Gasteiger partial charge in [-0.2, -0.15) is 0 Å². The highest BCUT2D eigenvalue weighted by atomic mass is 16.5. The lowest BCUT2D eigenvalue weighted by molar-refractivity contribution is 0.121. The molecule has 0 aliphatic heterocycles. The summed E-state index contributed by atoms with van der Waals surface area (Å²) in [6.45, 7) is 3.83. The lowest BCUT2D eigenvalue weighted by Crippen LogP contribution is -2.29. The van der Waals surface area contributed by atoms with Gasteiger partial charge in [0.25, 0.3) is 0 Å². The topological polar surface area (TPSA) is 41.5 Å². The van der Waals surface area contributed by atoms with Gasteiger partial charge in [-0.15, -0.1) is 0 Å². The van der Waals surface area contributed by atoms with E-state index in [2.05, 4.69) is 59.9 Å². The van der Waals surface area contributed by atoms with Crippen molar-refractivity contribution in [2.45, 2.75) is 51.6 Å². The number of nitrogens with one attached hydrogen (secondary N) is 1. The third-order valence-electron chi connectivity index (χ3n) is 6.54. The van der Waals surface area contributed by atoms with Gasteiger partial charge in [0.1, 0.15) is 0 Å². The second-order valence-electron chi connectivity index (χ2n) is 8.94. The Balaban J connectivity index is 1.21. The smallest absolute Gasteiger partial charge is 0.0717 e. The van der Waals surface area contributed by atoms with Crippen molar-refractivity contribution in [3.63, 3.8) is 0 Å². The van der Waals surface area contributed by atoms with E-state index in [0.717, 1.165) is 44.4 Å². The van der Waals surface area contributed by atoms with Crippen LogP contribution in [-0.4, -0.2) is 31.4 Å². The van der Waals surface area contributed by atoms with Crippen molar-refractivity contribution in [3.8, 4) is 0 Å². The van der Waals surface area contributed by atoms with Crippen molar-refractivity contribution in [2.24, 2.45) is 17.8 Å². The van der Waals surface area contributed by atoms with Crippen LogP contribution in [0.4, 0.5) is 0 Å². The zero-order valence-electron chi connectivity index (χ0n) is 18.3. The lowest BCUT2D eigenvalue weighted by atomic mass is 9.78. The fourth-order valence-corrected chi connectivity index (χ4v) is 4.62. The van der Waals surface area contributed by atoms with Crippen LogP contribution in [0.25, 0.3) is 0 Å². The maximum Gasteiger partial charge on any atom is 0.0717 e. The van der Waals surface area contributed by atoms with E-state index >= 15 is 0 Å². The second-order valence-corrected chi connectivity index (χ2v) is 8.94. The Labute approximate surface area is 182 Å². The molecule has 2 N–H and O–H groups in total. The number of rotatable bonds is 13. The Bertz CT molecular complexity index is 668. The number of aliphatic hydroxyl groups is 1. The van der Waals surface area contributed by atoms with Gasteiger partial charge in [0.15, 0.2) is 0 Å². The molecule has 1 saturated carbocycles. The van der Waals surface area contributed by atoms with E-state index in [1.54, 1.807) is 0 Å². The van der Waals surface area contributed by atoms with Crippen LogP contribution in [-0.2, 0) is 17.8 Å². The van der Waals surface area contributed by atoms with Crippen molar-refractivity contribution < 1.29 is 9.84 Å². The predicted octanol–water partition coefficient (Wildman–Crippen LogP) is 5.23. The van der Waals surface area contributed by atoms with Gasteiger partial charge in [0.05, 0.1) is 13.2 Å². The molecule has 2 aromatic carbocycles. The monoisotopic (exact) mass is 409 g/mol. The van der Waals surface area contributed by atoms with E-state index in [0.29, 0.717) is 19.1 Å². The Hall–Kier alpha value is -1.68. The van der Waals surface area contributed by atoms with E-state index in [4.69, 9.17) is 4.74 Å². The van der Waals surface area contributed by atoms with Gasteiger partial charge in [0.2, 0.25) is 0 Å². The standard InChI is InChI=1S/C27H39NO2/c29-21-27(19-24-7-3-1-4-8-24)16-13-23-11-14-25(15-12-23)20-28-17-18-30-22-26-9-5-2-6-10-26/h1-10,23,25,27-29H,11-22H2. The molecule has 1 fully saturated rings. The molecule has 0 amide bonds. The van der Waals surface area contributed by atoms with E-state index in [-0.39, 0.29) is 0 Å². The van der Waals surface area contributed by atoms with Crippen LogP contribution in [0.5, 0.6) is 0 Å². The molecule has 0 spiro atoms. The number of hydrogen-bond acceptors (Lipinski definition) is 3. The van der Waals surface area contributed by atoms with Crippen molar-refractivity contribution in [3.05, 3.63) is 71.8 Å². The molecule has 0 bridgehead atoms. The minimum Gasteiger partial charge on any atom is -0.396 e. The summed E-state index contributed by atoms with van der Waals surface area (Å²) in [5.74, 6) is 2.07. The Morgan fingerprint density at radius 1 is 0.867 bits per heavy atom. The van der Waals surface area contributed by atoms with Gasteiger partial charge in [0, 0.05) is 13.2 Å². The molecule has 1 atom stereocenters. The molecule has 3 rings (SSSR count). The summed E-state index contributed by atoms with van der Waals surface area (Å²) in [4.78, 5) is 0. The van der Waals surface area contributed by atoms with E-state index in [1.807, 2.05) is 6.07 Å². The van der Waals surface area contributed by atoms with Crippen molar-refractivity contribution in [1.82, 2.24) is 5.32 Å². The summed E-state index contributed by atoms with van der Waals surface area (Å²) in [5, 5.41) is 13.3. The van der Waals surface area contributed by atoms with Crippen LogP contribution < -0.4 is 5.32 Å². The summed E-state index contributed by atoms with van der Waals surface area (Å²) in [6, 6.07) is 21.0. The van der Waals surface area contributed by atoms with Gasteiger partial charge in [-0.05, 0) is 61.1 Å². The van der Waals surface area contributed by atoms with Crippen LogP contribution >= 0.6 is 0 Å². The fourth-order valence-electron chi connectivity index (χ4n) is 4.62. The van der Waals surface area contributed by atoms with Crippen molar-refractivity contribution in [1.29, 1.82) is 0 Å². The molecule has 1 aliphatic carbocycles. The highest BCUT2D eigenvalue weighted by molar-refractivity contribution is 5.15. The predicted molar refractivity (Wildman–Crippen MR) is 124 cm³/mol. The van der Waals surface area contributed by atoms with Gasteiger partial charge < -0.3 is 15.2 Å². The minimum atomic E-state index is 0.306. The molecule has 0 saturated heterocycles. The highest BCUT2D eigenvalue weighted by Crippen LogP contribution is 2.32. The van der Waals surface area contributed by atoms with Crippen molar-refractivity contribution >= 4 is 0 Å². The second kappa shape index (κ2) is 13.6. The molecule has 1 aliphatic rings. The van der Waals surface area contributed by atoms with Gasteiger partial charge in [-0.25, -0.2) is 0 Å². The molecular weight excluding hydrogens is 370 g/mol. The average Bonchev–Trinajstić information content (AvgIpc) is 2.81. The molecule has 30 heavy (non-hydrogen) atoms. The third-order valence-corrected chi connectivity index (χ3v) is 6.54. The van der Waals surface area contributed by atoms with E-state index in [1.165, 1.54) is 43.2 Å². The first-order valence-electron chi connectivity index (χ1n) is 11.8. The first kappa shape index (κ1) is 23.0. The Morgan fingerprint density at radius 3 is 2.17 bits per heavy atom. The quantitative estimate of drug-likeness (QED) is 0.445. The molecule has 0 heterocycles. The van der Waals surface area contributed by atoms with Crippen molar-refractivity contribution in [2.75, 3.05) is 26.3 Å². The molecule has 2 aromatic rings. The van der Waals surface area contributed by atoms with Crippen LogP contribution in [0.3, 0.4) is 0 Å². The van der Waals surface area contributed by atoms with E-state index < -0.39 is 0 Å². The van der Waals surface area contributed by atoms with Crippen LogP contribution in [0.1, 0.15) is 49.7 Å². The minimum absolute atomic E-state index is 0.306. The van der Waals surface area contributed by atoms with Crippen LogP contribution in [0.2, 0.25) is 0 Å². The first-order valence-corrected chi connectivity index (χ1v) is 11.8. The largest absolute Gasteiger partial charge is 0.396 e. The van der Waals surface area contributed by atoms with Crippen LogP contribution in [0.15, 0.2) is 60.7 Å². The Morgan fingerprint density at radius 2 is 1.50 bits per heavy atom. The summed E-state index contributed by atoms with van der Waals surface area (Å²) in [7, 11) is 0. The summed E-state index contributed by atoms with van der Waals surface area (Å²) < 4.78 is 5.75. The molecular formula is C27H39NO2. The summed E-state index contributed by atoms with van der Waals surface area (Å²) in [5.41, 5.74) is 2.59. The maximum atomic E-state index is 9.76. The molecule has 3 heteroatoms. The number of ether oxygens (including phenoxy) is 1. The van der Waals surface area contributed by atoms with Gasteiger partial charge in [-0.1, -0.05) is 79.9 Å². The molecule has 0 radical (unpaired) electrons. The SMILES string of the molecule is OCC(CCC1CCC(CNCCOCc2ccccc2)CC1)Cc1ccccc1. The maximum absolute atomic E-state index is 9.76. The summed E-state index contributed by atoms with van der Waals surface area (Å²) >= 11 is 0. The number of hydrogen-bond donors (Lipinski definition) is 2.